The van der Waals surface area contributed by atoms with Gasteiger partial charge in [-0.25, -0.2) is 19.2 Å². The molecular weight excluding hydrogens is 538 g/mol. The number of carboxylic acid groups (broad SMARTS) is 2. The quantitative estimate of drug-likeness (QED) is 0.161. The number of fused-ring (bicyclic) bond motifs is 6. The first kappa shape index (κ1) is 31.7. The van der Waals surface area contributed by atoms with Gasteiger partial charge in [-0.1, -0.05) is 24.3 Å². The third kappa shape index (κ3) is 7.32. The van der Waals surface area contributed by atoms with E-state index in [2.05, 4.69) is 0 Å². The van der Waals surface area contributed by atoms with E-state index >= 15 is 0 Å². The first-order valence-corrected chi connectivity index (χ1v) is 10.2. The third-order valence-corrected chi connectivity index (χ3v) is 4.94. The fourth-order valence-corrected chi connectivity index (χ4v) is 3.04. The summed E-state index contributed by atoms with van der Waals surface area (Å²) in [5, 5.41) is 21.9. The predicted octanol–water partition coefficient (Wildman–Crippen LogP) is -5.93. The Bertz CT molecular complexity index is 1320. The van der Waals surface area contributed by atoms with E-state index in [-0.39, 0.29) is 92.5 Å². The van der Waals surface area contributed by atoms with Crippen molar-refractivity contribution in [3.8, 4) is 0 Å². The normalized spacial score (nSPS) is 13.0. The van der Waals surface area contributed by atoms with E-state index in [1.807, 2.05) is 0 Å². The smallest absolute Gasteiger partial charge is 0.545 e. The summed E-state index contributed by atoms with van der Waals surface area (Å²) >= 11 is 0. The number of hydrogen-bond acceptors (Lipinski definition) is 12. The van der Waals surface area contributed by atoms with Crippen LogP contribution in [0.15, 0.2) is 72.8 Å². The number of benzene rings is 3. The number of rotatable bonds is 6. The maximum absolute atomic E-state index is 12.8. The van der Waals surface area contributed by atoms with E-state index in [1.54, 1.807) is 0 Å². The maximum Gasteiger partial charge on any atom is 1.00 e. The summed E-state index contributed by atoms with van der Waals surface area (Å²) in [4.78, 5) is 73.0. The standard InChI is InChI=1S/C25H14O12.2Na/c26-19(27)13-1-5-15(6-2-13)21(30)34-25(35-22(31)16-7-3-14(4-8-16)20(28)29)36-23(32)17-9-10-18(12-11-17)24(33)37-25;;/h1-12H,(H,26,27)(H,28,29);;/q;2*+1/p-2. The van der Waals surface area contributed by atoms with Gasteiger partial charge in [0, 0.05) is 0 Å². The monoisotopic (exact) mass is 550 g/mol. The Labute approximate surface area is 263 Å². The zero-order valence-electron chi connectivity index (χ0n) is 20.3. The number of hydrogen-bond donors (Lipinski definition) is 0. The van der Waals surface area contributed by atoms with Gasteiger partial charge in [-0.05, 0) is 59.7 Å². The molecular formula is C25H12Na2O12. The minimum Gasteiger partial charge on any atom is -0.545 e. The molecule has 0 spiro atoms. The molecule has 0 N–H and O–H groups in total. The summed E-state index contributed by atoms with van der Waals surface area (Å²) in [7, 11) is 0. The van der Waals surface area contributed by atoms with E-state index in [0.29, 0.717) is 0 Å². The fraction of sp³-hybridized carbons (Fsp3) is 0.0400. The van der Waals surface area contributed by atoms with Crippen molar-refractivity contribution in [3.05, 3.63) is 106 Å². The Morgan fingerprint density at radius 2 is 0.821 bits per heavy atom. The zero-order valence-corrected chi connectivity index (χ0v) is 24.3. The maximum atomic E-state index is 12.8. The molecule has 0 fully saturated rings. The van der Waals surface area contributed by atoms with Gasteiger partial charge in [-0.15, -0.1) is 0 Å². The van der Waals surface area contributed by atoms with Crippen LogP contribution in [0.3, 0.4) is 0 Å². The van der Waals surface area contributed by atoms with Crippen molar-refractivity contribution >= 4 is 35.8 Å². The SMILES string of the molecule is O=C([O-])c1ccc(C(=O)OC2(OC(=O)c3ccc(C(=O)[O-])cc3)OC(=O)c3ccc(cc3)C(=O)O2)cc1.[Na+].[Na+]. The summed E-state index contributed by atoms with van der Waals surface area (Å²) in [5.41, 5.74) is -1.36. The molecule has 0 unspecified atom stereocenters. The fourth-order valence-electron chi connectivity index (χ4n) is 3.04. The summed E-state index contributed by atoms with van der Waals surface area (Å²) in [6.45, 7) is 0. The summed E-state index contributed by atoms with van der Waals surface area (Å²) in [6.07, 6.45) is -3.36. The van der Waals surface area contributed by atoms with Crippen LogP contribution in [0.4, 0.5) is 0 Å². The number of carbonyl (C=O) groups excluding carboxylic acids is 6. The average molecular weight is 550 g/mol. The molecule has 3 aromatic rings. The summed E-state index contributed by atoms with van der Waals surface area (Å²) in [5.74, 6) is -8.12. The molecule has 39 heavy (non-hydrogen) atoms. The number of carbonyl (C=O) groups is 6. The molecule has 0 amide bonds. The van der Waals surface area contributed by atoms with Crippen LogP contribution in [-0.2, 0) is 18.9 Å². The van der Waals surface area contributed by atoms with Gasteiger partial charge in [-0.3, -0.25) is 0 Å². The molecule has 0 aromatic heterocycles. The molecule has 2 aliphatic heterocycles. The van der Waals surface area contributed by atoms with Crippen LogP contribution in [0, 0.1) is 0 Å². The molecule has 186 valence electrons. The van der Waals surface area contributed by atoms with Crippen molar-refractivity contribution in [2.75, 3.05) is 0 Å². The van der Waals surface area contributed by atoms with E-state index in [1.165, 1.54) is 24.3 Å². The average Bonchev–Trinajstić information content (AvgIpc) is 2.95. The zero-order chi connectivity index (χ0) is 26.7. The van der Waals surface area contributed by atoms with Crippen molar-refractivity contribution in [2.24, 2.45) is 0 Å². The van der Waals surface area contributed by atoms with Crippen LogP contribution in [0.25, 0.3) is 0 Å². The first-order valence-electron chi connectivity index (χ1n) is 10.2. The van der Waals surface area contributed by atoms with E-state index < -0.39 is 42.0 Å². The Kier molecular flexibility index (Phi) is 10.6. The molecule has 0 aliphatic carbocycles. The van der Waals surface area contributed by atoms with Gasteiger partial charge in [0.25, 0.3) is 0 Å². The van der Waals surface area contributed by atoms with Crippen molar-refractivity contribution in [3.63, 3.8) is 0 Å². The number of carboxylic acids is 2. The molecule has 14 heteroatoms. The Morgan fingerprint density at radius 3 is 1.10 bits per heavy atom. The molecule has 2 aliphatic rings. The Morgan fingerprint density at radius 1 is 0.538 bits per heavy atom. The van der Waals surface area contributed by atoms with E-state index in [0.717, 1.165) is 48.5 Å². The molecule has 3 aromatic carbocycles. The Hall–Kier alpha value is -3.52. The topological polar surface area (TPSA) is 185 Å². The largest absolute Gasteiger partial charge is 1.00 e. The van der Waals surface area contributed by atoms with Gasteiger partial charge in [0.15, 0.2) is 0 Å². The minimum absolute atomic E-state index is 0. The van der Waals surface area contributed by atoms with Gasteiger partial charge in [0.1, 0.15) is 0 Å². The second-order valence-corrected chi connectivity index (χ2v) is 7.37. The van der Waals surface area contributed by atoms with Crippen LogP contribution < -0.4 is 69.3 Å². The first-order chi connectivity index (χ1) is 17.6. The molecule has 12 nitrogen and oxygen atoms in total. The minimum atomic E-state index is -3.36. The molecule has 0 atom stereocenters. The Balaban J connectivity index is 0.00000267. The second-order valence-electron chi connectivity index (χ2n) is 7.37. The van der Waals surface area contributed by atoms with Crippen LogP contribution >= 0.6 is 0 Å². The second kappa shape index (κ2) is 13.0. The van der Waals surface area contributed by atoms with Crippen LogP contribution in [0.2, 0.25) is 0 Å². The third-order valence-electron chi connectivity index (χ3n) is 4.94. The van der Waals surface area contributed by atoms with Gasteiger partial charge >= 0.3 is 89.2 Å². The molecule has 5 rings (SSSR count). The predicted molar refractivity (Wildman–Crippen MR) is 112 cm³/mol. The van der Waals surface area contributed by atoms with Crippen molar-refractivity contribution in [2.45, 2.75) is 6.16 Å². The summed E-state index contributed by atoms with van der Waals surface area (Å²) in [6, 6.07) is 13.0. The van der Waals surface area contributed by atoms with E-state index in [9.17, 15) is 39.0 Å². The van der Waals surface area contributed by atoms with E-state index in [4.69, 9.17) is 18.9 Å². The van der Waals surface area contributed by atoms with Gasteiger partial charge in [-0.2, -0.15) is 0 Å². The molecule has 0 saturated heterocycles. The number of aromatic carboxylic acids is 2. The molecule has 0 saturated carbocycles. The number of ether oxygens (including phenoxy) is 4. The van der Waals surface area contributed by atoms with Crippen LogP contribution in [-0.4, -0.2) is 42.0 Å². The van der Waals surface area contributed by atoms with Crippen molar-refractivity contribution in [1.29, 1.82) is 0 Å². The van der Waals surface area contributed by atoms with Crippen LogP contribution in [0.5, 0.6) is 0 Å². The van der Waals surface area contributed by atoms with Gasteiger partial charge < -0.3 is 38.7 Å². The van der Waals surface area contributed by atoms with Gasteiger partial charge in [0.05, 0.1) is 34.2 Å². The molecule has 2 heterocycles. The van der Waals surface area contributed by atoms with Crippen molar-refractivity contribution < 1.29 is 117 Å². The van der Waals surface area contributed by atoms with Crippen LogP contribution in [0.1, 0.15) is 62.1 Å². The summed E-state index contributed by atoms with van der Waals surface area (Å²) < 4.78 is 20.2. The molecule has 2 bridgehead atoms. The van der Waals surface area contributed by atoms with Crippen molar-refractivity contribution in [1.82, 2.24) is 0 Å². The number of esters is 4. The van der Waals surface area contributed by atoms with Gasteiger partial charge in [0.2, 0.25) is 0 Å². The molecule has 0 radical (unpaired) electrons.